The molecule has 0 unspecified atom stereocenters. The maximum Gasteiger partial charge on any atom is 0.113 e. The lowest BCUT2D eigenvalue weighted by Gasteiger charge is -2.03. The van der Waals surface area contributed by atoms with Gasteiger partial charge in [-0.1, -0.05) is 29.5 Å². The van der Waals surface area contributed by atoms with Crippen molar-refractivity contribution in [3.05, 3.63) is 54.3 Å². The van der Waals surface area contributed by atoms with Crippen LogP contribution in [0.15, 0.2) is 54.3 Å². The van der Waals surface area contributed by atoms with Gasteiger partial charge in [0.2, 0.25) is 0 Å². The molecule has 0 bridgehead atoms. The van der Waals surface area contributed by atoms with E-state index in [0.29, 0.717) is 0 Å². The van der Waals surface area contributed by atoms with Gasteiger partial charge in [0.1, 0.15) is 5.52 Å². The first-order valence-corrected chi connectivity index (χ1v) is 5.80. The minimum atomic E-state index is 0.727. The Morgan fingerprint density at radius 1 is 1.33 bits per heavy atom. The van der Waals surface area contributed by atoms with E-state index >= 15 is 0 Å². The number of nitrogens with two attached hydrogens (primary N) is 1. The number of rotatable bonds is 3. The van der Waals surface area contributed by atoms with Crippen LogP contribution in [0.5, 0.6) is 0 Å². The van der Waals surface area contributed by atoms with E-state index in [4.69, 9.17) is 5.73 Å². The molecule has 2 aromatic rings. The molecule has 0 aliphatic carbocycles. The molecule has 1 aromatic carbocycles. The van der Waals surface area contributed by atoms with Gasteiger partial charge in [0.05, 0.1) is 11.2 Å². The second-order valence-corrected chi connectivity index (χ2v) is 4.00. The van der Waals surface area contributed by atoms with Crippen LogP contribution in [0, 0.1) is 0 Å². The third kappa shape index (κ3) is 2.48. The van der Waals surface area contributed by atoms with Crippen molar-refractivity contribution in [3.8, 4) is 0 Å². The van der Waals surface area contributed by atoms with E-state index in [1.165, 1.54) is 0 Å². The fourth-order valence-electron chi connectivity index (χ4n) is 1.67. The number of nitrogens with zero attached hydrogens (tertiary/aromatic N) is 3. The van der Waals surface area contributed by atoms with E-state index < -0.39 is 0 Å². The summed E-state index contributed by atoms with van der Waals surface area (Å²) in [5, 5.41) is 8.30. The topological polar surface area (TPSA) is 56.7 Å². The van der Waals surface area contributed by atoms with Crippen molar-refractivity contribution < 1.29 is 0 Å². The number of hydrogen-bond acceptors (Lipinski definition) is 3. The predicted molar refractivity (Wildman–Crippen MR) is 74.6 cm³/mol. The van der Waals surface area contributed by atoms with Crippen LogP contribution in [-0.4, -0.2) is 15.0 Å². The second-order valence-electron chi connectivity index (χ2n) is 4.00. The molecule has 4 heteroatoms. The normalized spacial score (nSPS) is 13.7. The maximum absolute atomic E-state index is 5.75. The number of allylic oxidation sites excluding steroid dienone is 6. The Bertz CT molecular complexity index is 628. The van der Waals surface area contributed by atoms with Crippen molar-refractivity contribution >= 4 is 16.7 Å². The van der Waals surface area contributed by atoms with Gasteiger partial charge >= 0.3 is 0 Å². The minimum absolute atomic E-state index is 0.727. The van der Waals surface area contributed by atoms with Crippen LogP contribution in [0.4, 0.5) is 0 Å². The molecule has 1 aromatic heterocycles. The average molecular weight is 240 g/mol. The quantitative estimate of drug-likeness (QED) is 0.839. The molecule has 92 valence electrons. The molecule has 0 amide bonds. The summed E-state index contributed by atoms with van der Waals surface area (Å²) < 4.78 is 1.78. The first-order valence-electron chi connectivity index (χ1n) is 5.80. The van der Waals surface area contributed by atoms with Crippen LogP contribution in [0.2, 0.25) is 0 Å². The van der Waals surface area contributed by atoms with Gasteiger partial charge in [-0.3, -0.25) is 0 Å². The number of hydrogen-bond donors (Lipinski definition) is 1. The number of para-hydroxylation sites is 1. The molecule has 18 heavy (non-hydrogen) atoms. The third-order valence-electron chi connectivity index (χ3n) is 2.43. The van der Waals surface area contributed by atoms with E-state index in [-0.39, 0.29) is 0 Å². The first kappa shape index (κ1) is 12.1. The van der Waals surface area contributed by atoms with Crippen LogP contribution >= 0.6 is 0 Å². The van der Waals surface area contributed by atoms with Gasteiger partial charge in [-0.25, -0.2) is 4.68 Å². The molecule has 0 aliphatic heterocycles. The first-order chi connectivity index (χ1) is 8.72. The summed E-state index contributed by atoms with van der Waals surface area (Å²) >= 11 is 0. The Labute approximate surface area is 106 Å². The van der Waals surface area contributed by atoms with Crippen molar-refractivity contribution in [2.24, 2.45) is 5.73 Å². The van der Waals surface area contributed by atoms with Crippen molar-refractivity contribution in [3.63, 3.8) is 0 Å². The molecule has 0 spiro atoms. The summed E-state index contributed by atoms with van der Waals surface area (Å²) in [6, 6.07) is 7.83. The minimum Gasteiger partial charge on any atom is -0.402 e. The van der Waals surface area contributed by atoms with Crippen LogP contribution in [0.25, 0.3) is 16.7 Å². The Morgan fingerprint density at radius 3 is 2.83 bits per heavy atom. The maximum atomic E-state index is 5.75. The highest BCUT2D eigenvalue weighted by Gasteiger charge is 2.05. The highest BCUT2D eigenvalue weighted by Crippen LogP contribution is 2.16. The molecular weight excluding hydrogens is 224 g/mol. The Hall–Kier alpha value is -2.36. The monoisotopic (exact) mass is 240 g/mol. The second kappa shape index (κ2) is 5.31. The molecule has 2 rings (SSSR count). The summed E-state index contributed by atoms with van der Waals surface area (Å²) in [5.74, 6) is 0. The smallest absolute Gasteiger partial charge is 0.113 e. The van der Waals surface area contributed by atoms with Crippen LogP contribution in [0.1, 0.15) is 13.8 Å². The van der Waals surface area contributed by atoms with E-state index in [2.05, 4.69) is 10.3 Å². The van der Waals surface area contributed by atoms with Crippen molar-refractivity contribution in [1.82, 2.24) is 15.0 Å². The highest BCUT2D eigenvalue weighted by molar-refractivity contribution is 5.79. The molecule has 0 atom stereocenters. The van der Waals surface area contributed by atoms with Crippen molar-refractivity contribution in [2.75, 3.05) is 0 Å². The van der Waals surface area contributed by atoms with Gasteiger partial charge in [-0.05, 0) is 38.1 Å². The van der Waals surface area contributed by atoms with Gasteiger partial charge in [0, 0.05) is 5.70 Å². The van der Waals surface area contributed by atoms with Crippen molar-refractivity contribution in [1.29, 1.82) is 0 Å². The predicted octanol–water partition coefficient (Wildman–Crippen LogP) is 2.71. The van der Waals surface area contributed by atoms with Crippen LogP contribution in [0.3, 0.4) is 0 Å². The molecule has 0 saturated heterocycles. The number of benzene rings is 1. The zero-order valence-corrected chi connectivity index (χ0v) is 10.5. The molecule has 4 nitrogen and oxygen atoms in total. The Kier molecular flexibility index (Phi) is 3.57. The zero-order chi connectivity index (χ0) is 13.0. The standard InChI is InChI=1S/C14H16N4/c1-3-4-7-12(10-11(2)15)18-14-9-6-5-8-13(14)16-17-18/h3-10H,15H2,1-2H3/b4-3+,11-10+,12-7+. The third-order valence-corrected chi connectivity index (χ3v) is 2.43. The molecule has 0 fully saturated rings. The summed E-state index contributed by atoms with van der Waals surface area (Å²) in [5.41, 5.74) is 9.20. The van der Waals surface area contributed by atoms with Crippen LogP contribution < -0.4 is 5.73 Å². The lowest BCUT2D eigenvalue weighted by atomic mass is 10.2. The van der Waals surface area contributed by atoms with Gasteiger partial charge in [0.25, 0.3) is 0 Å². The van der Waals surface area contributed by atoms with Gasteiger partial charge < -0.3 is 5.73 Å². The van der Waals surface area contributed by atoms with Gasteiger partial charge in [-0.2, -0.15) is 0 Å². The van der Waals surface area contributed by atoms with Crippen LogP contribution in [-0.2, 0) is 0 Å². The van der Waals surface area contributed by atoms with Crippen molar-refractivity contribution in [2.45, 2.75) is 13.8 Å². The summed E-state index contributed by atoms with van der Waals surface area (Å²) in [6.07, 6.45) is 7.74. The van der Waals surface area contributed by atoms with E-state index in [9.17, 15) is 0 Å². The van der Waals surface area contributed by atoms with E-state index in [1.807, 2.05) is 62.4 Å². The lowest BCUT2D eigenvalue weighted by Crippen LogP contribution is -2.00. The fraction of sp³-hybridized carbons (Fsp3) is 0.143. The lowest BCUT2D eigenvalue weighted by molar-refractivity contribution is 0.843. The molecule has 2 N–H and O–H groups in total. The molecular formula is C14H16N4. The van der Waals surface area contributed by atoms with E-state index in [1.54, 1.807) is 4.68 Å². The SMILES string of the molecule is C/C=C/C=C(\C=C(/C)N)n1nnc2ccccc21. The fourth-order valence-corrected chi connectivity index (χ4v) is 1.67. The summed E-state index contributed by atoms with van der Waals surface area (Å²) in [7, 11) is 0. The van der Waals surface area contributed by atoms with Gasteiger partial charge in [0.15, 0.2) is 0 Å². The summed E-state index contributed by atoms with van der Waals surface area (Å²) in [6.45, 7) is 3.81. The van der Waals surface area contributed by atoms with Gasteiger partial charge in [-0.15, -0.1) is 5.10 Å². The Balaban J connectivity index is 2.58. The number of aromatic nitrogens is 3. The largest absolute Gasteiger partial charge is 0.402 e. The number of fused-ring (bicyclic) bond motifs is 1. The molecule has 0 aliphatic rings. The molecule has 0 radical (unpaired) electrons. The molecule has 1 heterocycles. The Morgan fingerprint density at radius 2 is 2.11 bits per heavy atom. The summed E-state index contributed by atoms with van der Waals surface area (Å²) in [4.78, 5) is 0. The van der Waals surface area contributed by atoms with E-state index in [0.717, 1.165) is 22.4 Å². The average Bonchev–Trinajstić information content (AvgIpc) is 2.78. The zero-order valence-electron chi connectivity index (χ0n) is 10.5. The molecule has 0 saturated carbocycles. The highest BCUT2D eigenvalue weighted by atomic mass is 15.4.